The third-order valence-corrected chi connectivity index (χ3v) is 3.70. The Balaban J connectivity index is 1.53. The van der Waals surface area contributed by atoms with Crippen LogP contribution in [0.5, 0.6) is 0 Å². The molecule has 3 atom stereocenters. The molecule has 0 saturated carbocycles. The average Bonchev–Trinajstić information content (AvgIpc) is 3.20. The fourth-order valence-electron chi connectivity index (χ4n) is 2.18. The summed E-state index contributed by atoms with van der Waals surface area (Å²) in [5, 5.41) is 0. The second-order valence-corrected chi connectivity index (χ2v) is 5.95. The monoisotopic (exact) mass is 248 g/mol. The lowest BCUT2D eigenvalue weighted by atomic mass is 10.0. The molecule has 0 aliphatic carbocycles. The van der Waals surface area contributed by atoms with Crippen molar-refractivity contribution in [2.45, 2.75) is 38.1 Å². The van der Waals surface area contributed by atoms with Gasteiger partial charge in [0.2, 0.25) is 0 Å². The minimum Gasteiger partial charge on any atom is -0.375 e. The van der Waals surface area contributed by atoms with Crippen LogP contribution in [0.3, 0.4) is 0 Å². The van der Waals surface area contributed by atoms with Gasteiger partial charge in [0.05, 0.1) is 19.8 Å². The molecule has 2 heterocycles. The van der Waals surface area contributed by atoms with Crippen LogP contribution in [0.4, 0.5) is 0 Å². The van der Waals surface area contributed by atoms with Crippen molar-refractivity contribution >= 4 is 0 Å². The van der Waals surface area contributed by atoms with Crippen LogP contribution < -0.4 is 0 Å². The Morgan fingerprint density at radius 3 is 2.50 bits per heavy atom. The van der Waals surface area contributed by atoms with Crippen LogP contribution in [0, 0.1) is 6.92 Å². The Hall–Kier alpha value is -0.900. The van der Waals surface area contributed by atoms with E-state index in [4.69, 9.17) is 14.2 Å². The molecule has 98 valence electrons. The van der Waals surface area contributed by atoms with Crippen LogP contribution in [-0.4, -0.2) is 31.0 Å². The van der Waals surface area contributed by atoms with Gasteiger partial charge in [-0.3, -0.25) is 0 Å². The molecule has 0 radical (unpaired) electrons. The molecule has 1 aromatic rings. The Morgan fingerprint density at radius 1 is 1.22 bits per heavy atom. The van der Waals surface area contributed by atoms with Gasteiger partial charge in [-0.25, -0.2) is 0 Å². The first-order valence-corrected chi connectivity index (χ1v) is 6.47. The molecule has 0 unspecified atom stereocenters. The van der Waals surface area contributed by atoms with Gasteiger partial charge in [0.15, 0.2) is 0 Å². The van der Waals surface area contributed by atoms with Crippen molar-refractivity contribution in [1.29, 1.82) is 0 Å². The molecule has 2 fully saturated rings. The summed E-state index contributed by atoms with van der Waals surface area (Å²) in [7, 11) is 0. The van der Waals surface area contributed by atoms with Gasteiger partial charge in [0, 0.05) is 0 Å². The summed E-state index contributed by atoms with van der Waals surface area (Å²) >= 11 is 0. The lowest BCUT2D eigenvalue weighted by Gasteiger charge is -2.10. The van der Waals surface area contributed by atoms with E-state index >= 15 is 0 Å². The molecule has 3 nitrogen and oxygen atoms in total. The predicted molar refractivity (Wildman–Crippen MR) is 68.6 cm³/mol. The standard InChI is InChI=1S/C15H20O3/c1-11-4-6-12(7-5-11)13-15(3,18-13)10-16-8-14(2)9-17-14/h4-7,13H,8-10H2,1-3H3/t13-,14+,15-/m0/s1. The topological polar surface area (TPSA) is 34.3 Å². The minimum atomic E-state index is -0.166. The molecule has 0 bridgehead atoms. The first-order valence-electron chi connectivity index (χ1n) is 6.47. The Morgan fingerprint density at radius 2 is 1.89 bits per heavy atom. The Bertz CT molecular complexity index is 436. The molecule has 0 N–H and O–H groups in total. The van der Waals surface area contributed by atoms with E-state index in [2.05, 4.69) is 45.0 Å². The summed E-state index contributed by atoms with van der Waals surface area (Å²) in [6, 6.07) is 8.52. The van der Waals surface area contributed by atoms with Crippen molar-refractivity contribution in [3.05, 3.63) is 35.4 Å². The highest BCUT2D eigenvalue weighted by Gasteiger charge is 2.54. The van der Waals surface area contributed by atoms with E-state index in [1.54, 1.807) is 0 Å². The molecular formula is C15H20O3. The molecule has 18 heavy (non-hydrogen) atoms. The Kier molecular flexibility index (Phi) is 2.73. The quantitative estimate of drug-likeness (QED) is 0.751. The van der Waals surface area contributed by atoms with E-state index in [1.807, 2.05) is 0 Å². The van der Waals surface area contributed by atoms with E-state index in [9.17, 15) is 0 Å². The molecule has 1 aromatic carbocycles. The number of aryl methyl sites for hydroxylation is 1. The maximum absolute atomic E-state index is 5.80. The zero-order valence-corrected chi connectivity index (χ0v) is 11.2. The first kappa shape index (κ1) is 12.2. The van der Waals surface area contributed by atoms with Gasteiger partial charge in [0.25, 0.3) is 0 Å². The van der Waals surface area contributed by atoms with Crippen LogP contribution >= 0.6 is 0 Å². The zero-order valence-electron chi connectivity index (χ0n) is 11.2. The summed E-state index contributed by atoms with van der Waals surface area (Å²) in [4.78, 5) is 0. The van der Waals surface area contributed by atoms with Gasteiger partial charge in [-0.2, -0.15) is 0 Å². The van der Waals surface area contributed by atoms with Crippen molar-refractivity contribution in [2.24, 2.45) is 0 Å². The molecule has 3 rings (SSSR count). The van der Waals surface area contributed by atoms with Crippen LogP contribution in [0.2, 0.25) is 0 Å². The molecule has 3 heteroatoms. The van der Waals surface area contributed by atoms with E-state index in [1.165, 1.54) is 11.1 Å². The number of hydrogen-bond donors (Lipinski definition) is 0. The highest BCUT2D eigenvalue weighted by molar-refractivity contribution is 5.28. The zero-order chi connectivity index (χ0) is 12.8. The SMILES string of the molecule is Cc1ccc([C@@H]2O[C@@]2(C)COC[C@]2(C)CO2)cc1. The van der Waals surface area contributed by atoms with Crippen molar-refractivity contribution < 1.29 is 14.2 Å². The first-order chi connectivity index (χ1) is 8.51. The van der Waals surface area contributed by atoms with Crippen molar-refractivity contribution in [2.75, 3.05) is 19.8 Å². The van der Waals surface area contributed by atoms with Gasteiger partial charge >= 0.3 is 0 Å². The van der Waals surface area contributed by atoms with E-state index in [0.29, 0.717) is 13.2 Å². The highest BCUT2D eigenvalue weighted by atomic mass is 16.6. The average molecular weight is 248 g/mol. The van der Waals surface area contributed by atoms with Crippen LogP contribution in [-0.2, 0) is 14.2 Å². The number of hydrogen-bond acceptors (Lipinski definition) is 3. The second kappa shape index (κ2) is 4.05. The third-order valence-electron chi connectivity index (χ3n) is 3.70. The van der Waals surface area contributed by atoms with Crippen molar-refractivity contribution in [3.8, 4) is 0 Å². The summed E-state index contributed by atoms with van der Waals surface area (Å²) in [5.74, 6) is 0. The summed E-state index contributed by atoms with van der Waals surface area (Å²) in [6.07, 6.45) is 0.172. The molecule has 2 saturated heterocycles. The summed E-state index contributed by atoms with van der Waals surface area (Å²) in [6.45, 7) is 8.37. The normalized spacial score (nSPS) is 37.6. The van der Waals surface area contributed by atoms with E-state index < -0.39 is 0 Å². The summed E-state index contributed by atoms with van der Waals surface area (Å²) < 4.78 is 16.8. The van der Waals surface area contributed by atoms with Crippen LogP contribution in [0.1, 0.15) is 31.1 Å². The summed E-state index contributed by atoms with van der Waals surface area (Å²) in [5.41, 5.74) is 2.31. The smallest absolute Gasteiger partial charge is 0.120 e. The van der Waals surface area contributed by atoms with Crippen LogP contribution in [0.15, 0.2) is 24.3 Å². The highest BCUT2D eigenvalue weighted by Crippen LogP contribution is 2.49. The maximum atomic E-state index is 5.80. The van der Waals surface area contributed by atoms with Gasteiger partial charge < -0.3 is 14.2 Å². The molecule has 2 aliphatic heterocycles. The lowest BCUT2D eigenvalue weighted by Crippen LogP contribution is -2.22. The van der Waals surface area contributed by atoms with E-state index in [0.717, 1.165) is 6.61 Å². The fraction of sp³-hybridized carbons (Fsp3) is 0.600. The Labute approximate surface area is 108 Å². The number of epoxide rings is 2. The van der Waals surface area contributed by atoms with Crippen LogP contribution in [0.25, 0.3) is 0 Å². The molecular weight excluding hydrogens is 228 g/mol. The third kappa shape index (κ3) is 2.44. The molecule has 0 spiro atoms. The predicted octanol–water partition coefficient (Wildman–Crippen LogP) is 2.63. The van der Waals surface area contributed by atoms with Gasteiger partial charge in [-0.1, -0.05) is 29.8 Å². The largest absolute Gasteiger partial charge is 0.375 e. The molecule has 0 aromatic heterocycles. The molecule has 0 amide bonds. The number of benzene rings is 1. The van der Waals surface area contributed by atoms with Crippen molar-refractivity contribution in [1.82, 2.24) is 0 Å². The maximum Gasteiger partial charge on any atom is 0.120 e. The molecule has 2 aliphatic rings. The number of rotatable bonds is 5. The second-order valence-electron chi connectivity index (χ2n) is 5.95. The minimum absolute atomic E-state index is 0.0371. The lowest BCUT2D eigenvalue weighted by molar-refractivity contribution is 0.0520. The van der Waals surface area contributed by atoms with Gasteiger partial charge in [-0.05, 0) is 26.3 Å². The van der Waals surface area contributed by atoms with E-state index in [-0.39, 0.29) is 17.3 Å². The van der Waals surface area contributed by atoms with Gasteiger partial charge in [-0.15, -0.1) is 0 Å². The van der Waals surface area contributed by atoms with Crippen molar-refractivity contribution in [3.63, 3.8) is 0 Å². The fourth-order valence-corrected chi connectivity index (χ4v) is 2.18. The van der Waals surface area contributed by atoms with Gasteiger partial charge in [0.1, 0.15) is 17.3 Å². The number of ether oxygens (including phenoxy) is 3.